The van der Waals surface area contributed by atoms with E-state index >= 15 is 0 Å². The van der Waals surface area contributed by atoms with Gasteiger partial charge >= 0.3 is 6.09 Å². The number of pyridine rings is 1. The number of carboxylic acid groups (broad SMARTS) is 1. The van der Waals surface area contributed by atoms with Gasteiger partial charge in [0.25, 0.3) is 0 Å². The first-order valence-electron chi connectivity index (χ1n) is 5.93. The number of aromatic amines is 1. The van der Waals surface area contributed by atoms with Crippen LogP contribution in [0.2, 0.25) is 10.0 Å². The molecule has 1 amide bonds. The first-order valence-corrected chi connectivity index (χ1v) is 6.68. The fraction of sp³-hybridized carbons (Fsp3) is 0.0769. The Labute approximate surface area is 132 Å². The van der Waals surface area contributed by atoms with Crippen LogP contribution in [0.15, 0.2) is 12.3 Å². The number of hydrogen-bond acceptors (Lipinski definition) is 2. The smallest absolute Gasteiger partial charge is 0.411 e. The van der Waals surface area contributed by atoms with Crippen LogP contribution >= 0.6 is 23.2 Å². The highest BCUT2D eigenvalue weighted by atomic mass is 35.5. The zero-order valence-electron chi connectivity index (χ0n) is 10.9. The zero-order chi connectivity index (χ0) is 16.2. The molecule has 114 valence electrons. The van der Waals surface area contributed by atoms with Crippen molar-refractivity contribution in [1.82, 2.24) is 9.97 Å². The van der Waals surface area contributed by atoms with Crippen molar-refractivity contribution in [3.05, 3.63) is 33.9 Å². The fourth-order valence-electron chi connectivity index (χ4n) is 2.31. The molecular formula is C13H7Cl2F2N3O2. The summed E-state index contributed by atoms with van der Waals surface area (Å²) in [7, 11) is 1.14. The number of benzene rings is 1. The van der Waals surface area contributed by atoms with Crippen LogP contribution in [0.3, 0.4) is 0 Å². The summed E-state index contributed by atoms with van der Waals surface area (Å²) in [4.78, 5) is 18.4. The number of aromatic nitrogens is 2. The predicted octanol–water partition coefficient (Wildman–Crippen LogP) is 4.42. The third-order valence-corrected chi connectivity index (χ3v) is 4.07. The second kappa shape index (κ2) is 4.96. The normalized spacial score (nSPS) is 11.3. The Bertz CT molecular complexity index is 942. The van der Waals surface area contributed by atoms with E-state index in [0.29, 0.717) is 11.0 Å². The molecule has 0 radical (unpaired) electrons. The molecule has 0 aliphatic carbocycles. The maximum absolute atomic E-state index is 14.2. The van der Waals surface area contributed by atoms with Crippen LogP contribution in [0.4, 0.5) is 19.3 Å². The van der Waals surface area contributed by atoms with Gasteiger partial charge in [-0.15, -0.1) is 0 Å². The van der Waals surface area contributed by atoms with Crippen molar-refractivity contribution in [2.45, 2.75) is 0 Å². The first kappa shape index (κ1) is 14.8. The van der Waals surface area contributed by atoms with Crippen molar-refractivity contribution >= 4 is 56.9 Å². The maximum Gasteiger partial charge on any atom is 0.411 e. The number of halogens is 4. The molecule has 0 atom stereocenters. The fourth-order valence-corrected chi connectivity index (χ4v) is 2.68. The van der Waals surface area contributed by atoms with Crippen LogP contribution in [0.5, 0.6) is 0 Å². The van der Waals surface area contributed by atoms with E-state index < -0.39 is 17.7 Å². The van der Waals surface area contributed by atoms with Crippen molar-refractivity contribution in [3.63, 3.8) is 0 Å². The summed E-state index contributed by atoms with van der Waals surface area (Å²) in [6.45, 7) is 0. The minimum atomic E-state index is -1.40. The van der Waals surface area contributed by atoms with Crippen LogP contribution < -0.4 is 4.90 Å². The summed E-state index contributed by atoms with van der Waals surface area (Å²) < 4.78 is 28.3. The molecule has 0 bridgehead atoms. The average Bonchev–Trinajstić information content (AvgIpc) is 2.82. The minimum Gasteiger partial charge on any atom is -0.465 e. The molecule has 0 saturated heterocycles. The topological polar surface area (TPSA) is 69.2 Å². The van der Waals surface area contributed by atoms with Crippen LogP contribution in [0, 0.1) is 11.6 Å². The molecule has 3 rings (SSSR count). The van der Waals surface area contributed by atoms with Gasteiger partial charge in [-0.25, -0.2) is 18.6 Å². The molecule has 2 aromatic heterocycles. The first-order chi connectivity index (χ1) is 10.3. The van der Waals surface area contributed by atoms with Crippen LogP contribution in [0.25, 0.3) is 21.9 Å². The van der Waals surface area contributed by atoms with E-state index in [1.807, 2.05) is 0 Å². The van der Waals surface area contributed by atoms with E-state index in [2.05, 4.69) is 9.97 Å². The summed E-state index contributed by atoms with van der Waals surface area (Å²) in [5, 5.41) is 9.30. The molecule has 3 aromatic rings. The molecule has 9 heteroatoms. The Kier molecular flexibility index (Phi) is 3.34. The summed E-state index contributed by atoms with van der Waals surface area (Å²) in [6, 6.07) is 0.599. The molecule has 0 aliphatic heterocycles. The largest absolute Gasteiger partial charge is 0.465 e. The van der Waals surface area contributed by atoms with E-state index in [4.69, 9.17) is 28.3 Å². The Morgan fingerprint density at radius 2 is 2.00 bits per heavy atom. The standard InChI is InChI=1S/C13H7Cl2F2N3O2/c1-20(13(21)22)11-6(17)2-5(16)7-8-9(15)4(14)3-18-12(8)19-10(7)11/h2-3H,1H3,(H,18,19)(H,21,22). The van der Waals surface area contributed by atoms with Gasteiger partial charge in [0.05, 0.1) is 15.6 Å². The van der Waals surface area contributed by atoms with Crippen LogP contribution in [-0.4, -0.2) is 28.2 Å². The number of carbonyl (C=O) groups is 1. The highest BCUT2D eigenvalue weighted by molar-refractivity contribution is 6.46. The number of nitrogens with zero attached hydrogens (tertiary/aromatic N) is 2. The lowest BCUT2D eigenvalue weighted by Crippen LogP contribution is -2.25. The monoisotopic (exact) mass is 345 g/mol. The molecule has 0 aliphatic rings. The molecule has 2 N–H and O–H groups in total. The Morgan fingerprint density at radius 1 is 1.32 bits per heavy atom. The van der Waals surface area contributed by atoms with Crippen LogP contribution in [0.1, 0.15) is 0 Å². The number of nitrogens with one attached hydrogen (secondary N) is 1. The Hall–Kier alpha value is -2.12. The number of hydrogen-bond donors (Lipinski definition) is 2. The average molecular weight is 346 g/mol. The van der Waals surface area contributed by atoms with E-state index in [1.54, 1.807) is 0 Å². The molecular weight excluding hydrogens is 339 g/mol. The lowest BCUT2D eigenvalue weighted by atomic mass is 10.1. The van der Waals surface area contributed by atoms with Gasteiger partial charge in [0.1, 0.15) is 17.2 Å². The second-order valence-electron chi connectivity index (χ2n) is 4.55. The number of H-pyrrole nitrogens is 1. The predicted molar refractivity (Wildman–Crippen MR) is 80.0 cm³/mol. The molecule has 0 saturated carbocycles. The quantitative estimate of drug-likeness (QED) is 0.686. The lowest BCUT2D eigenvalue weighted by molar-refractivity contribution is 0.203. The van der Waals surface area contributed by atoms with Gasteiger partial charge in [-0.2, -0.15) is 0 Å². The molecule has 22 heavy (non-hydrogen) atoms. The molecule has 0 spiro atoms. The van der Waals surface area contributed by atoms with Crippen molar-refractivity contribution in [2.75, 3.05) is 11.9 Å². The van der Waals surface area contributed by atoms with Crippen molar-refractivity contribution < 1.29 is 18.7 Å². The summed E-state index contributed by atoms with van der Waals surface area (Å²) in [6.07, 6.45) is -0.140. The lowest BCUT2D eigenvalue weighted by Gasteiger charge is -2.15. The third-order valence-electron chi connectivity index (χ3n) is 3.29. The van der Waals surface area contributed by atoms with Gasteiger partial charge in [0.2, 0.25) is 0 Å². The minimum absolute atomic E-state index is 0.0485. The third kappa shape index (κ3) is 1.97. The number of anilines is 1. The summed E-state index contributed by atoms with van der Waals surface area (Å²) >= 11 is 11.9. The number of rotatable bonds is 1. The molecule has 0 fully saturated rings. The Balaban J connectivity index is 2.54. The summed E-state index contributed by atoms with van der Waals surface area (Å²) in [5.41, 5.74) is -0.211. The molecule has 1 aromatic carbocycles. The van der Waals surface area contributed by atoms with E-state index in [-0.39, 0.29) is 37.7 Å². The Morgan fingerprint density at radius 3 is 2.64 bits per heavy atom. The van der Waals surface area contributed by atoms with Crippen LogP contribution in [-0.2, 0) is 0 Å². The number of amides is 1. The van der Waals surface area contributed by atoms with E-state index in [1.165, 1.54) is 6.20 Å². The highest BCUT2D eigenvalue weighted by Crippen LogP contribution is 2.40. The zero-order valence-corrected chi connectivity index (χ0v) is 12.4. The van der Waals surface area contributed by atoms with Gasteiger partial charge in [-0.3, -0.25) is 4.90 Å². The molecule has 0 unspecified atom stereocenters. The highest BCUT2D eigenvalue weighted by Gasteiger charge is 2.24. The van der Waals surface area contributed by atoms with Gasteiger partial charge in [0.15, 0.2) is 5.82 Å². The van der Waals surface area contributed by atoms with Crippen molar-refractivity contribution in [1.29, 1.82) is 0 Å². The van der Waals surface area contributed by atoms with Crippen molar-refractivity contribution in [3.8, 4) is 0 Å². The van der Waals surface area contributed by atoms with Crippen molar-refractivity contribution in [2.24, 2.45) is 0 Å². The number of fused-ring (bicyclic) bond motifs is 3. The summed E-state index contributed by atoms with van der Waals surface area (Å²) in [5.74, 6) is -1.92. The van der Waals surface area contributed by atoms with E-state index in [9.17, 15) is 13.6 Å². The van der Waals surface area contributed by atoms with Gasteiger partial charge in [-0.05, 0) is 0 Å². The maximum atomic E-state index is 14.2. The van der Waals surface area contributed by atoms with Gasteiger partial charge in [0, 0.05) is 30.1 Å². The van der Waals surface area contributed by atoms with E-state index in [0.717, 1.165) is 7.05 Å². The second-order valence-corrected chi connectivity index (χ2v) is 5.33. The SMILES string of the molecule is CN(C(=O)O)c1c(F)cc(F)c2c1[nH]c1ncc(Cl)c(Cl)c12. The molecule has 5 nitrogen and oxygen atoms in total. The van der Waals surface area contributed by atoms with Gasteiger partial charge < -0.3 is 10.1 Å². The molecule has 2 heterocycles. The van der Waals surface area contributed by atoms with Gasteiger partial charge in [-0.1, -0.05) is 23.2 Å².